The number of amides is 2. The fourth-order valence-corrected chi connectivity index (χ4v) is 2.71. The van der Waals surface area contributed by atoms with Gasteiger partial charge in [-0.25, -0.2) is 4.79 Å². The molecule has 0 saturated carbocycles. The van der Waals surface area contributed by atoms with E-state index in [0.717, 1.165) is 15.8 Å². The van der Waals surface area contributed by atoms with Crippen molar-refractivity contribution in [2.24, 2.45) is 0 Å². The van der Waals surface area contributed by atoms with Crippen molar-refractivity contribution in [2.75, 3.05) is 6.54 Å². The van der Waals surface area contributed by atoms with E-state index in [0.29, 0.717) is 19.5 Å². The molecule has 0 fully saturated rings. The van der Waals surface area contributed by atoms with Gasteiger partial charge in [0.2, 0.25) is 0 Å². The van der Waals surface area contributed by atoms with Crippen LogP contribution in [0.5, 0.6) is 0 Å². The highest BCUT2D eigenvalue weighted by molar-refractivity contribution is 9.10. The van der Waals surface area contributed by atoms with Gasteiger partial charge in [-0.15, -0.1) is 11.3 Å². The molecule has 1 heterocycles. The van der Waals surface area contributed by atoms with Gasteiger partial charge in [0.05, 0.1) is 12.6 Å². The highest BCUT2D eigenvalue weighted by Crippen LogP contribution is 2.19. The molecule has 4 nitrogen and oxygen atoms in total. The summed E-state index contributed by atoms with van der Waals surface area (Å²) in [5, 5.41) is 16.8. The Balaban J connectivity index is 2.17. The van der Waals surface area contributed by atoms with Crippen molar-refractivity contribution in [3.63, 3.8) is 0 Å². The number of rotatable bonds is 6. The third kappa shape index (κ3) is 6.05. The lowest BCUT2D eigenvalue weighted by atomic mass is 10.2. The van der Waals surface area contributed by atoms with Gasteiger partial charge in [-0.2, -0.15) is 0 Å². The molecule has 0 radical (unpaired) electrons. The number of thiophene rings is 1. The molecule has 3 N–H and O–H groups in total. The maximum absolute atomic E-state index is 11.4. The summed E-state index contributed by atoms with van der Waals surface area (Å²) in [6, 6.07) is 1.72. The molecule has 1 rings (SSSR count). The van der Waals surface area contributed by atoms with Gasteiger partial charge >= 0.3 is 6.03 Å². The van der Waals surface area contributed by atoms with Crippen molar-refractivity contribution < 1.29 is 9.90 Å². The summed E-state index contributed by atoms with van der Waals surface area (Å²) in [5.41, 5.74) is 0. The van der Waals surface area contributed by atoms with Crippen molar-refractivity contribution in [3.8, 4) is 0 Å². The Kier molecular flexibility index (Phi) is 6.54. The summed E-state index contributed by atoms with van der Waals surface area (Å²) < 4.78 is 1.03. The summed E-state index contributed by atoms with van der Waals surface area (Å²) in [6.07, 6.45) is 1.16. The Morgan fingerprint density at radius 2 is 2.35 bits per heavy atom. The zero-order valence-electron chi connectivity index (χ0n) is 9.70. The van der Waals surface area contributed by atoms with Crippen LogP contribution >= 0.6 is 27.3 Å². The van der Waals surface area contributed by atoms with E-state index in [1.165, 1.54) is 0 Å². The number of nitrogens with one attached hydrogen (secondary N) is 2. The van der Waals surface area contributed by atoms with Crippen molar-refractivity contribution in [3.05, 3.63) is 20.8 Å². The molecule has 0 spiro atoms. The fourth-order valence-electron chi connectivity index (χ4n) is 1.32. The highest BCUT2D eigenvalue weighted by Gasteiger charge is 2.06. The zero-order valence-corrected chi connectivity index (χ0v) is 12.1. The number of carbonyl (C=O) groups excluding carboxylic acids is 1. The number of aliphatic hydroxyl groups excluding tert-OH is 1. The van der Waals surface area contributed by atoms with E-state index in [9.17, 15) is 9.90 Å². The van der Waals surface area contributed by atoms with E-state index < -0.39 is 6.10 Å². The third-order valence-corrected chi connectivity index (χ3v) is 3.86. The van der Waals surface area contributed by atoms with Crippen LogP contribution in [0.1, 0.15) is 24.6 Å². The van der Waals surface area contributed by atoms with Gasteiger partial charge < -0.3 is 15.7 Å². The first-order chi connectivity index (χ1) is 8.11. The van der Waals surface area contributed by atoms with Crippen LogP contribution in [-0.4, -0.2) is 23.8 Å². The predicted molar refractivity (Wildman–Crippen MR) is 73.2 cm³/mol. The summed E-state index contributed by atoms with van der Waals surface area (Å²) in [4.78, 5) is 12.5. The molecule has 17 heavy (non-hydrogen) atoms. The first-order valence-corrected chi connectivity index (χ1v) is 7.21. The van der Waals surface area contributed by atoms with E-state index in [1.54, 1.807) is 11.3 Å². The number of hydrogen-bond acceptors (Lipinski definition) is 3. The summed E-state index contributed by atoms with van der Waals surface area (Å²) >= 11 is 4.94. The van der Waals surface area contributed by atoms with Crippen LogP contribution < -0.4 is 10.6 Å². The van der Waals surface area contributed by atoms with E-state index in [-0.39, 0.29) is 6.03 Å². The van der Waals surface area contributed by atoms with Crippen LogP contribution in [-0.2, 0) is 6.54 Å². The molecular weight excluding hydrogens is 304 g/mol. The van der Waals surface area contributed by atoms with Crippen LogP contribution in [0.3, 0.4) is 0 Å². The van der Waals surface area contributed by atoms with Gasteiger partial charge in [0, 0.05) is 21.3 Å². The second kappa shape index (κ2) is 7.68. The molecule has 2 amide bonds. The van der Waals surface area contributed by atoms with E-state index in [2.05, 4.69) is 26.6 Å². The monoisotopic (exact) mass is 320 g/mol. The highest BCUT2D eigenvalue weighted by atomic mass is 79.9. The van der Waals surface area contributed by atoms with Crippen molar-refractivity contribution in [2.45, 2.75) is 32.4 Å². The molecule has 1 atom stereocenters. The minimum atomic E-state index is -0.457. The smallest absolute Gasteiger partial charge is 0.315 e. The second-order valence-corrected chi connectivity index (χ2v) is 5.65. The average molecular weight is 321 g/mol. The Morgan fingerprint density at radius 1 is 1.59 bits per heavy atom. The van der Waals surface area contributed by atoms with Crippen LogP contribution in [0.4, 0.5) is 4.79 Å². The Morgan fingerprint density at radius 3 is 2.94 bits per heavy atom. The van der Waals surface area contributed by atoms with E-state index in [1.807, 2.05) is 18.4 Å². The van der Waals surface area contributed by atoms with Gasteiger partial charge in [0.15, 0.2) is 0 Å². The van der Waals surface area contributed by atoms with Crippen molar-refractivity contribution in [1.29, 1.82) is 0 Å². The molecule has 0 aliphatic rings. The quantitative estimate of drug-likeness (QED) is 0.754. The molecular formula is C11H17BrN2O2S. The number of urea groups is 1. The summed E-state index contributed by atoms with van der Waals surface area (Å²) in [5.74, 6) is 0. The maximum Gasteiger partial charge on any atom is 0.315 e. The lowest BCUT2D eigenvalue weighted by Gasteiger charge is -2.11. The number of hydrogen-bond donors (Lipinski definition) is 3. The molecule has 6 heteroatoms. The molecule has 1 aromatic heterocycles. The molecule has 0 aliphatic heterocycles. The molecule has 0 aromatic carbocycles. The topological polar surface area (TPSA) is 61.4 Å². The largest absolute Gasteiger partial charge is 0.391 e. The van der Waals surface area contributed by atoms with Crippen LogP contribution in [0, 0.1) is 0 Å². The predicted octanol–water partition coefficient (Wildman–Crippen LogP) is 2.47. The third-order valence-electron chi connectivity index (χ3n) is 2.17. The fraction of sp³-hybridized carbons (Fsp3) is 0.545. The first-order valence-electron chi connectivity index (χ1n) is 5.54. The second-order valence-electron chi connectivity index (χ2n) is 3.74. The van der Waals surface area contributed by atoms with E-state index in [4.69, 9.17) is 0 Å². The van der Waals surface area contributed by atoms with Gasteiger partial charge in [0.25, 0.3) is 0 Å². The lowest BCUT2D eigenvalue weighted by Crippen LogP contribution is -2.39. The molecule has 1 unspecified atom stereocenters. The molecule has 0 bridgehead atoms. The number of halogens is 1. The molecule has 96 valence electrons. The van der Waals surface area contributed by atoms with Gasteiger partial charge in [0.1, 0.15) is 0 Å². The Hall–Kier alpha value is -0.590. The normalized spacial score (nSPS) is 12.2. The maximum atomic E-state index is 11.4. The van der Waals surface area contributed by atoms with Gasteiger partial charge in [-0.05, 0) is 28.4 Å². The average Bonchev–Trinajstić information content (AvgIpc) is 2.70. The van der Waals surface area contributed by atoms with Gasteiger partial charge in [-0.3, -0.25) is 0 Å². The first kappa shape index (κ1) is 14.5. The minimum Gasteiger partial charge on any atom is -0.391 e. The lowest BCUT2D eigenvalue weighted by molar-refractivity contribution is 0.160. The minimum absolute atomic E-state index is 0.246. The van der Waals surface area contributed by atoms with Crippen LogP contribution in [0.2, 0.25) is 0 Å². The molecule has 1 aromatic rings. The Labute approximate surface area is 114 Å². The molecule has 0 aliphatic carbocycles. The van der Waals surface area contributed by atoms with Crippen LogP contribution in [0.25, 0.3) is 0 Å². The van der Waals surface area contributed by atoms with E-state index >= 15 is 0 Å². The SMILES string of the molecule is CCCC(O)CNC(=O)NCc1cc(Br)cs1. The standard InChI is InChI=1S/C11H17BrN2O2S/c1-2-3-9(15)5-13-11(16)14-6-10-4-8(12)7-17-10/h4,7,9,15H,2-3,5-6H2,1H3,(H2,13,14,16). The molecule has 0 saturated heterocycles. The van der Waals surface area contributed by atoms with Crippen LogP contribution in [0.15, 0.2) is 15.9 Å². The summed E-state index contributed by atoms with van der Waals surface area (Å²) in [7, 11) is 0. The summed E-state index contributed by atoms with van der Waals surface area (Å²) in [6.45, 7) is 2.80. The number of aliphatic hydroxyl groups is 1. The van der Waals surface area contributed by atoms with Crippen molar-refractivity contribution >= 4 is 33.3 Å². The Bertz CT molecular complexity index is 357. The zero-order chi connectivity index (χ0) is 12.7. The number of carbonyl (C=O) groups is 1. The van der Waals surface area contributed by atoms with Crippen molar-refractivity contribution in [1.82, 2.24) is 10.6 Å². The van der Waals surface area contributed by atoms with Gasteiger partial charge in [-0.1, -0.05) is 13.3 Å².